The van der Waals surface area contributed by atoms with E-state index in [1.165, 1.54) is 26.2 Å². The summed E-state index contributed by atoms with van der Waals surface area (Å²) in [7, 11) is 3.00. The molecule has 0 N–H and O–H groups in total. The van der Waals surface area contributed by atoms with Crippen LogP contribution in [-0.2, 0) is 0 Å². The SMILES string of the molecule is C.COc1ccc(Oc2c(I)cc(C(C)=O)cc2I)cc1.COc1ccc(Oc2c(I)cc(C(C)=O)cc2I)cc1[N+](=O)[O-].ClCCl. The molecular formula is C32H29Cl2I4NO8. The third-order valence-electron chi connectivity index (χ3n) is 5.66. The lowest BCUT2D eigenvalue weighted by atomic mass is 10.1. The fraction of sp³-hybridized carbons (Fsp3) is 0.188. The molecule has 0 aromatic heterocycles. The molecule has 4 aromatic rings. The Bertz CT molecular complexity index is 1660. The van der Waals surface area contributed by atoms with Crippen LogP contribution in [0.25, 0.3) is 0 Å². The largest absolute Gasteiger partial charge is 0.497 e. The molecule has 0 fully saturated rings. The van der Waals surface area contributed by atoms with Gasteiger partial charge in [-0.3, -0.25) is 19.7 Å². The standard InChI is InChI=1S/C15H11I2NO5.C15H12I2O3.CH2Cl2.CH4/c1-8(19)9-5-11(16)15(12(17)6-9)23-10-3-4-14(22-2)13(7-10)18(20)21;1-9(18)10-7-13(16)15(14(17)8-10)20-12-5-3-11(19-2)4-6-12;2-1-3;/h3-7H,1-2H3;3-8H,1-2H3;1H2;1H4. The van der Waals surface area contributed by atoms with Crippen molar-refractivity contribution in [3.05, 3.63) is 102 Å². The third-order valence-corrected chi connectivity index (χ3v) is 8.86. The molecule has 4 rings (SSSR count). The number of alkyl halides is 2. The normalized spacial score (nSPS) is 9.74. The molecule has 47 heavy (non-hydrogen) atoms. The molecule has 0 aliphatic rings. The Morgan fingerprint density at radius 2 is 1.04 bits per heavy atom. The van der Waals surface area contributed by atoms with Gasteiger partial charge in [-0.05, 0) is 165 Å². The van der Waals surface area contributed by atoms with Crippen molar-refractivity contribution in [3.63, 3.8) is 0 Å². The second-order valence-corrected chi connectivity index (χ2v) is 14.2. The average molecular weight is 1130 g/mol. The number of hydrogen-bond acceptors (Lipinski definition) is 8. The minimum absolute atomic E-state index is 0. The van der Waals surface area contributed by atoms with Gasteiger partial charge in [-0.2, -0.15) is 0 Å². The smallest absolute Gasteiger partial charge is 0.314 e. The van der Waals surface area contributed by atoms with E-state index >= 15 is 0 Å². The van der Waals surface area contributed by atoms with E-state index in [-0.39, 0.29) is 35.8 Å². The van der Waals surface area contributed by atoms with Crippen LogP contribution in [0.3, 0.4) is 0 Å². The second-order valence-electron chi connectivity index (χ2n) is 8.72. The Hall–Kier alpha value is -1.68. The van der Waals surface area contributed by atoms with E-state index in [0.29, 0.717) is 22.6 Å². The molecule has 0 radical (unpaired) electrons. The highest BCUT2D eigenvalue weighted by molar-refractivity contribution is 14.1. The van der Waals surface area contributed by atoms with Crippen LogP contribution in [0, 0.1) is 24.4 Å². The fourth-order valence-corrected chi connectivity index (χ4v) is 7.45. The van der Waals surface area contributed by atoms with Gasteiger partial charge in [0.2, 0.25) is 0 Å². The van der Waals surface area contributed by atoms with Crippen LogP contribution in [0.4, 0.5) is 5.69 Å². The first-order chi connectivity index (χ1) is 21.8. The van der Waals surface area contributed by atoms with Gasteiger partial charge in [0.05, 0.1) is 44.8 Å². The molecular weight excluding hydrogens is 1100 g/mol. The van der Waals surface area contributed by atoms with Gasteiger partial charge in [0, 0.05) is 11.1 Å². The quantitative estimate of drug-likeness (QED) is 0.0535. The monoisotopic (exact) mass is 1130 g/mol. The zero-order valence-electron chi connectivity index (χ0n) is 24.5. The molecule has 0 saturated carbocycles. The predicted molar refractivity (Wildman–Crippen MR) is 220 cm³/mol. The summed E-state index contributed by atoms with van der Waals surface area (Å²) in [5.41, 5.74) is 1.11. The summed E-state index contributed by atoms with van der Waals surface area (Å²) in [4.78, 5) is 33.4. The molecule has 0 amide bonds. The third kappa shape index (κ3) is 13.3. The lowest BCUT2D eigenvalue weighted by molar-refractivity contribution is -0.385. The van der Waals surface area contributed by atoms with E-state index < -0.39 is 4.92 Å². The number of Topliss-reactive ketones (excluding diaryl/α,β-unsaturated/α-hetero) is 2. The van der Waals surface area contributed by atoms with E-state index in [0.717, 1.165) is 31.5 Å². The number of ether oxygens (including phenoxy) is 4. The number of rotatable bonds is 9. The van der Waals surface area contributed by atoms with Crippen molar-refractivity contribution in [2.75, 3.05) is 19.6 Å². The van der Waals surface area contributed by atoms with Gasteiger partial charge in [-0.15, -0.1) is 23.2 Å². The molecule has 15 heteroatoms. The molecule has 4 aromatic carbocycles. The number of benzene rings is 4. The first kappa shape index (κ1) is 43.3. The molecule has 0 atom stereocenters. The number of ketones is 2. The van der Waals surface area contributed by atoms with Crippen molar-refractivity contribution in [3.8, 4) is 34.5 Å². The Morgan fingerprint density at radius 3 is 1.38 bits per heavy atom. The molecule has 0 bridgehead atoms. The summed E-state index contributed by atoms with van der Waals surface area (Å²) < 4.78 is 25.1. The number of halogens is 6. The maximum atomic E-state index is 11.5. The fourth-order valence-electron chi connectivity index (χ4n) is 3.48. The van der Waals surface area contributed by atoms with Crippen LogP contribution in [0.5, 0.6) is 34.5 Å². The van der Waals surface area contributed by atoms with Gasteiger partial charge in [-0.1, -0.05) is 7.43 Å². The molecule has 252 valence electrons. The van der Waals surface area contributed by atoms with Crippen molar-refractivity contribution in [2.24, 2.45) is 0 Å². The van der Waals surface area contributed by atoms with E-state index in [4.69, 9.17) is 42.1 Å². The summed E-state index contributed by atoms with van der Waals surface area (Å²) in [6.07, 6.45) is 0. The maximum absolute atomic E-state index is 11.5. The first-order valence-corrected chi connectivity index (χ1v) is 18.1. The zero-order chi connectivity index (χ0) is 34.6. The molecule has 0 heterocycles. The minimum Gasteiger partial charge on any atom is -0.497 e. The highest BCUT2D eigenvalue weighted by Gasteiger charge is 2.18. The van der Waals surface area contributed by atoms with Crippen LogP contribution >= 0.6 is 114 Å². The van der Waals surface area contributed by atoms with E-state index in [2.05, 4.69) is 90.4 Å². The number of nitrogens with zero attached hydrogens (tertiary/aromatic N) is 1. The highest BCUT2D eigenvalue weighted by Crippen LogP contribution is 2.37. The first-order valence-electron chi connectivity index (χ1n) is 12.7. The average Bonchev–Trinajstić information content (AvgIpc) is 3.01. The van der Waals surface area contributed by atoms with E-state index in [1.807, 2.05) is 36.4 Å². The van der Waals surface area contributed by atoms with Crippen LogP contribution in [0.1, 0.15) is 42.0 Å². The maximum Gasteiger partial charge on any atom is 0.314 e. The van der Waals surface area contributed by atoms with Gasteiger partial charge in [-0.25, -0.2) is 0 Å². The Balaban J connectivity index is 0.000000428. The van der Waals surface area contributed by atoms with E-state index in [9.17, 15) is 19.7 Å². The topological polar surface area (TPSA) is 114 Å². The van der Waals surface area contributed by atoms with Crippen LogP contribution in [0.15, 0.2) is 66.7 Å². The van der Waals surface area contributed by atoms with Crippen molar-refractivity contribution in [1.82, 2.24) is 0 Å². The van der Waals surface area contributed by atoms with Crippen molar-refractivity contribution in [2.45, 2.75) is 21.3 Å². The summed E-state index contributed by atoms with van der Waals surface area (Å²) in [6, 6.07) is 18.9. The number of nitro benzene ring substituents is 1. The van der Waals surface area contributed by atoms with E-state index in [1.54, 1.807) is 32.2 Å². The van der Waals surface area contributed by atoms with Gasteiger partial charge in [0.15, 0.2) is 28.8 Å². The lowest BCUT2D eigenvalue weighted by Crippen LogP contribution is -1.99. The van der Waals surface area contributed by atoms with Crippen molar-refractivity contribution >= 4 is 131 Å². The Labute approximate surface area is 338 Å². The van der Waals surface area contributed by atoms with Crippen LogP contribution in [0.2, 0.25) is 0 Å². The van der Waals surface area contributed by atoms with Crippen molar-refractivity contribution < 1.29 is 33.5 Å². The van der Waals surface area contributed by atoms with Gasteiger partial charge >= 0.3 is 5.69 Å². The number of hydrogen-bond donors (Lipinski definition) is 0. The summed E-state index contributed by atoms with van der Waals surface area (Å²) >= 11 is 18.0. The second kappa shape index (κ2) is 21.4. The Morgan fingerprint density at radius 1 is 0.681 bits per heavy atom. The van der Waals surface area contributed by atoms with Gasteiger partial charge in [0.1, 0.15) is 17.2 Å². The summed E-state index contributed by atoms with van der Waals surface area (Å²) in [6.45, 7) is 3.06. The number of methoxy groups -OCH3 is 2. The highest BCUT2D eigenvalue weighted by atomic mass is 127. The Kier molecular flexibility index (Phi) is 19.7. The van der Waals surface area contributed by atoms with Crippen LogP contribution in [-0.4, -0.2) is 36.0 Å². The summed E-state index contributed by atoms with van der Waals surface area (Å²) in [5, 5.41) is 11.3. The van der Waals surface area contributed by atoms with Crippen LogP contribution < -0.4 is 18.9 Å². The molecule has 0 aliphatic carbocycles. The number of carbonyl (C=O) groups is 2. The van der Waals surface area contributed by atoms with Gasteiger partial charge in [0.25, 0.3) is 0 Å². The predicted octanol–water partition coefficient (Wildman–Crippen LogP) is 11.8. The molecule has 0 unspecified atom stereocenters. The zero-order valence-corrected chi connectivity index (χ0v) is 34.7. The molecule has 0 spiro atoms. The number of carbonyl (C=O) groups excluding carboxylic acids is 2. The number of nitro groups is 1. The molecule has 0 aliphatic heterocycles. The summed E-state index contributed by atoms with van der Waals surface area (Å²) in [5.74, 6) is 3.34. The van der Waals surface area contributed by atoms with Crippen molar-refractivity contribution in [1.29, 1.82) is 0 Å². The molecule has 0 saturated heterocycles. The molecule has 9 nitrogen and oxygen atoms in total. The van der Waals surface area contributed by atoms with Gasteiger partial charge < -0.3 is 18.9 Å². The lowest BCUT2D eigenvalue weighted by Gasteiger charge is -2.12. The minimum atomic E-state index is -0.527.